The third kappa shape index (κ3) is 3.66. The number of nitrogens with one attached hydrogen (secondary N) is 2. The summed E-state index contributed by atoms with van der Waals surface area (Å²) in [6.45, 7) is 3.88. The molecule has 0 saturated heterocycles. The predicted octanol–water partition coefficient (Wildman–Crippen LogP) is 1.15. The summed E-state index contributed by atoms with van der Waals surface area (Å²) in [6, 6.07) is 0. The Balaban J connectivity index is 2.17. The number of likely N-dealkylation sites (N-methyl/N-ethyl adjacent to an activating group) is 1. The van der Waals surface area contributed by atoms with Gasteiger partial charge in [-0.05, 0) is 38.6 Å². The van der Waals surface area contributed by atoms with Gasteiger partial charge in [0, 0.05) is 19.0 Å². The summed E-state index contributed by atoms with van der Waals surface area (Å²) >= 11 is 0. The molecule has 1 aliphatic rings. The Morgan fingerprint density at radius 3 is 2.43 bits per heavy atom. The van der Waals surface area contributed by atoms with Crippen molar-refractivity contribution in [3.8, 4) is 0 Å². The number of carbonyl (C=O) groups is 1. The lowest BCUT2D eigenvalue weighted by Gasteiger charge is -2.25. The van der Waals surface area contributed by atoms with Crippen LogP contribution >= 0.6 is 0 Å². The smallest absolute Gasteiger partial charge is 0.223 e. The van der Waals surface area contributed by atoms with E-state index in [1.165, 1.54) is 12.8 Å². The van der Waals surface area contributed by atoms with Gasteiger partial charge in [0.2, 0.25) is 5.91 Å². The molecule has 2 N–H and O–H groups in total. The molecule has 1 saturated carbocycles. The maximum absolute atomic E-state index is 11.6. The number of hydrogen-bond donors (Lipinski definition) is 2. The molecule has 0 aliphatic heterocycles. The second-order valence-corrected chi connectivity index (χ2v) is 4.35. The fraction of sp³-hybridized carbons (Fsp3) is 0.909. The monoisotopic (exact) mass is 198 g/mol. The Kier molecular flexibility index (Phi) is 4.94. The highest BCUT2D eigenvalue weighted by Crippen LogP contribution is 2.28. The zero-order valence-electron chi connectivity index (χ0n) is 9.31. The second kappa shape index (κ2) is 6.02. The molecule has 0 aromatic rings. The second-order valence-electron chi connectivity index (χ2n) is 4.35. The van der Waals surface area contributed by atoms with Crippen molar-refractivity contribution in [2.75, 3.05) is 20.1 Å². The molecule has 1 aliphatic carbocycles. The summed E-state index contributed by atoms with van der Waals surface area (Å²) in [5.41, 5.74) is 0. The molecule has 0 aromatic carbocycles. The van der Waals surface area contributed by atoms with Gasteiger partial charge in [-0.15, -0.1) is 0 Å². The van der Waals surface area contributed by atoms with E-state index in [1.807, 2.05) is 7.05 Å². The summed E-state index contributed by atoms with van der Waals surface area (Å²) in [5, 5.41) is 5.99. The van der Waals surface area contributed by atoms with Gasteiger partial charge in [-0.25, -0.2) is 0 Å². The largest absolute Gasteiger partial charge is 0.355 e. The average Bonchev–Trinajstić information content (AvgIpc) is 2.19. The lowest BCUT2D eigenvalue weighted by molar-refractivity contribution is -0.126. The highest BCUT2D eigenvalue weighted by Gasteiger charge is 2.23. The Morgan fingerprint density at radius 1 is 1.21 bits per heavy atom. The van der Waals surface area contributed by atoms with E-state index in [2.05, 4.69) is 17.6 Å². The van der Waals surface area contributed by atoms with Crippen LogP contribution in [-0.4, -0.2) is 26.0 Å². The summed E-state index contributed by atoms with van der Waals surface area (Å²) in [6.07, 6.45) is 4.58. The van der Waals surface area contributed by atoms with Crippen LogP contribution in [0.4, 0.5) is 0 Å². The van der Waals surface area contributed by atoms with Gasteiger partial charge in [0.1, 0.15) is 0 Å². The predicted molar refractivity (Wildman–Crippen MR) is 58.1 cm³/mol. The highest BCUT2D eigenvalue weighted by molar-refractivity contribution is 5.78. The average molecular weight is 198 g/mol. The number of carbonyl (C=O) groups excluding carboxylic acids is 1. The van der Waals surface area contributed by atoms with Crippen molar-refractivity contribution in [1.82, 2.24) is 10.6 Å². The van der Waals surface area contributed by atoms with Crippen LogP contribution < -0.4 is 10.6 Å². The molecular weight excluding hydrogens is 176 g/mol. The van der Waals surface area contributed by atoms with Crippen LogP contribution in [0.5, 0.6) is 0 Å². The fourth-order valence-corrected chi connectivity index (χ4v) is 1.98. The quantitative estimate of drug-likeness (QED) is 0.665. The normalized spacial score (nSPS) is 27.3. The Morgan fingerprint density at radius 2 is 1.86 bits per heavy atom. The number of rotatable bonds is 4. The Bertz CT molecular complexity index is 174. The molecule has 0 bridgehead atoms. The van der Waals surface area contributed by atoms with E-state index < -0.39 is 0 Å². The minimum atomic E-state index is 0.257. The summed E-state index contributed by atoms with van der Waals surface area (Å²) in [5.74, 6) is 1.35. The first-order valence-corrected chi connectivity index (χ1v) is 5.66. The molecule has 0 unspecified atom stereocenters. The first kappa shape index (κ1) is 11.5. The van der Waals surface area contributed by atoms with Gasteiger partial charge in [0.15, 0.2) is 0 Å². The first-order valence-electron chi connectivity index (χ1n) is 5.66. The maximum atomic E-state index is 11.6. The van der Waals surface area contributed by atoms with Gasteiger partial charge in [0.05, 0.1) is 0 Å². The van der Waals surface area contributed by atoms with E-state index in [0.717, 1.165) is 31.8 Å². The van der Waals surface area contributed by atoms with Gasteiger partial charge in [-0.1, -0.05) is 6.92 Å². The zero-order chi connectivity index (χ0) is 10.4. The van der Waals surface area contributed by atoms with E-state index in [4.69, 9.17) is 0 Å². The van der Waals surface area contributed by atoms with Crippen molar-refractivity contribution in [3.63, 3.8) is 0 Å². The molecule has 0 heterocycles. The number of amides is 1. The molecule has 0 spiro atoms. The van der Waals surface area contributed by atoms with Crippen LogP contribution in [0, 0.1) is 11.8 Å². The van der Waals surface area contributed by atoms with Crippen LogP contribution in [0.1, 0.15) is 32.6 Å². The maximum Gasteiger partial charge on any atom is 0.223 e. The third-order valence-electron chi connectivity index (χ3n) is 3.06. The Hall–Kier alpha value is -0.570. The zero-order valence-corrected chi connectivity index (χ0v) is 9.31. The van der Waals surface area contributed by atoms with Crippen molar-refractivity contribution >= 4 is 5.91 Å². The van der Waals surface area contributed by atoms with Crippen LogP contribution in [0.15, 0.2) is 0 Å². The SMILES string of the molecule is CNCCNC(=O)C1CCC(C)CC1. The standard InChI is InChI=1S/C11H22N2O/c1-9-3-5-10(6-4-9)11(14)13-8-7-12-2/h9-10,12H,3-8H2,1-2H3,(H,13,14). The van der Waals surface area contributed by atoms with E-state index in [1.54, 1.807) is 0 Å². The summed E-state index contributed by atoms with van der Waals surface area (Å²) in [4.78, 5) is 11.6. The van der Waals surface area contributed by atoms with Crippen molar-refractivity contribution < 1.29 is 4.79 Å². The van der Waals surface area contributed by atoms with Gasteiger partial charge in [0.25, 0.3) is 0 Å². The molecule has 0 aromatic heterocycles. The van der Waals surface area contributed by atoms with Crippen LogP contribution in [-0.2, 0) is 4.79 Å². The van der Waals surface area contributed by atoms with E-state index in [0.29, 0.717) is 0 Å². The molecule has 3 heteroatoms. The minimum Gasteiger partial charge on any atom is -0.355 e. The highest BCUT2D eigenvalue weighted by atomic mass is 16.1. The van der Waals surface area contributed by atoms with E-state index in [-0.39, 0.29) is 11.8 Å². The van der Waals surface area contributed by atoms with Gasteiger partial charge in [-0.2, -0.15) is 0 Å². The molecule has 0 atom stereocenters. The van der Waals surface area contributed by atoms with Crippen LogP contribution in [0.2, 0.25) is 0 Å². The summed E-state index contributed by atoms with van der Waals surface area (Å²) in [7, 11) is 1.90. The van der Waals surface area contributed by atoms with Crippen molar-refractivity contribution in [1.29, 1.82) is 0 Å². The van der Waals surface area contributed by atoms with Crippen molar-refractivity contribution in [2.45, 2.75) is 32.6 Å². The third-order valence-corrected chi connectivity index (χ3v) is 3.06. The lowest BCUT2D eigenvalue weighted by Crippen LogP contribution is -2.36. The first-order chi connectivity index (χ1) is 6.74. The molecule has 14 heavy (non-hydrogen) atoms. The lowest BCUT2D eigenvalue weighted by atomic mass is 9.82. The molecule has 1 amide bonds. The molecule has 82 valence electrons. The van der Waals surface area contributed by atoms with Crippen LogP contribution in [0.25, 0.3) is 0 Å². The molecule has 3 nitrogen and oxygen atoms in total. The van der Waals surface area contributed by atoms with Crippen molar-refractivity contribution in [2.24, 2.45) is 11.8 Å². The topological polar surface area (TPSA) is 41.1 Å². The summed E-state index contributed by atoms with van der Waals surface area (Å²) < 4.78 is 0. The fourth-order valence-electron chi connectivity index (χ4n) is 1.98. The Labute approximate surface area is 86.6 Å². The van der Waals surface area contributed by atoms with Crippen molar-refractivity contribution in [3.05, 3.63) is 0 Å². The number of hydrogen-bond acceptors (Lipinski definition) is 2. The van der Waals surface area contributed by atoms with Gasteiger partial charge < -0.3 is 10.6 Å². The van der Waals surface area contributed by atoms with E-state index in [9.17, 15) is 4.79 Å². The molecule has 1 fully saturated rings. The molecular formula is C11H22N2O. The molecule has 0 radical (unpaired) electrons. The van der Waals surface area contributed by atoms with E-state index >= 15 is 0 Å². The molecule has 1 rings (SSSR count). The van der Waals surface area contributed by atoms with Crippen LogP contribution in [0.3, 0.4) is 0 Å². The van der Waals surface area contributed by atoms with Gasteiger partial charge in [-0.3, -0.25) is 4.79 Å². The van der Waals surface area contributed by atoms with Gasteiger partial charge >= 0.3 is 0 Å². The minimum absolute atomic E-state index is 0.257.